The number of rotatable bonds is 4. The minimum absolute atomic E-state index is 1.09. The highest BCUT2D eigenvalue weighted by molar-refractivity contribution is 6.66. The molecule has 16 heavy (non-hydrogen) atoms. The summed E-state index contributed by atoms with van der Waals surface area (Å²) in [5, 5.41) is 15.3. The van der Waals surface area contributed by atoms with Gasteiger partial charge in [0.2, 0.25) is 10.5 Å². The Labute approximate surface area is 99.1 Å². The van der Waals surface area contributed by atoms with Crippen LogP contribution in [0.15, 0.2) is 0 Å². The van der Waals surface area contributed by atoms with Gasteiger partial charge in [-0.05, 0) is 23.2 Å². The van der Waals surface area contributed by atoms with Crippen LogP contribution in [0.2, 0.25) is 0 Å². The van der Waals surface area contributed by atoms with Crippen molar-refractivity contribution in [3.63, 3.8) is 0 Å². The van der Waals surface area contributed by atoms with Crippen molar-refractivity contribution in [1.29, 1.82) is 0 Å². The van der Waals surface area contributed by atoms with Gasteiger partial charge in [0.15, 0.2) is 0 Å². The summed E-state index contributed by atoms with van der Waals surface area (Å²) in [7, 11) is 0. The lowest BCUT2D eigenvalue weighted by Gasteiger charge is -2.43. The molecule has 0 atom stereocenters. The second-order valence-electron chi connectivity index (χ2n) is 3.39. The third kappa shape index (κ3) is 1.90. The molecule has 0 aromatic carbocycles. The van der Waals surface area contributed by atoms with Crippen LogP contribution >= 0.6 is 23.2 Å². The zero-order chi connectivity index (χ0) is 12.6. The summed E-state index contributed by atoms with van der Waals surface area (Å²) >= 11 is 10.2. The SMILES string of the molecule is O=C(O)C1C(C(=O)Cl)C(C(=O)O)C1C(=O)Cl. The predicted molar refractivity (Wildman–Crippen MR) is 51.0 cm³/mol. The molecule has 0 spiro atoms. The average Bonchev–Trinajstić information content (AvgIpc) is 1.97. The van der Waals surface area contributed by atoms with Crippen LogP contribution in [0.5, 0.6) is 0 Å². The first kappa shape index (κ1) is 12.9. The van der Waals surface area contributed by atoms with Crippen LogP contribution in [0.1, 0.15) is 0 Å². The number of carboxylic acid groups (broad SMARTS) is 2. The van der Waals surface area contributed by atoms with E-state index in [1.165, 1.54) is 0 Å². The van der Waals surface area contributed by atoms with Crippen LogP contribution in [0.4, 0.5) is 0 Å². The molecule has 2 N–H and O–H groups in total. The first-order chi connectivity index (χ1) is 7.29. The molecule has 0 saturated heterocycles. The third-order valence-corrected chi connectivity index (χ3v) is 3.15. The highest BCUT2D eigenvalue weighted by atomic mass is 35.5. The Morgan fingerprint density at radius 1 is 0.688 bits per heavy atom. The van der Waals surface area contributed by atoms with Crippen molar-refractivity contribution in [2.75, 3.05) is 0 Å². The van der Waals surface area contributed by atoms with E-state index in [4.69, 9.17) is 33.4 Å². The Morgan fingerprint density at radius 2 is 0.938 bits per heavy atom. The second-order valence-corrected chi connectivity index (χ2v) is 4.13. The number of carbonyl (C=O) groups is 4. The molecule has 0 heterocycles. The standard InChI is InChI=1S/C8H6Cl2O6/c9-5(11)1-3(7(13)14)2(6(10)12)4(1)8(15)16/h1-4H,(H,13,14)(H,15,16). The van der Waals surface area contributed by atoms with Gasteiger partial charge in [0.25, 0.3) is 0 Å². The van der Waals surface area contributed by atoms with E-state index in [9.17, 15) is 19.2 Å². The van der Waals surface area contributed by atoms with Gasteiger partial charge in [-0.2, -0.15) is 0 Å². The molecule has 1 aliphatic rings. The van der Waals surface area contributed by atoms with Gasteiger partial charge in [-0.3, -0.25) is 19.2 Å². The molecule has 1 rings (SSSR count). The topological polar surface area (TPSA) is 109 Å². The zero-order valence-corrected chi connectivity index (χ0v) is 9.10. The Bertz CT molecular complexity index is 299. The fourth-order valence-electron chi connectivity index (χ4n) is 1.93. The number of carbonyl (C=O) groups excluding carboxylic acids is 2. The molecule has 0 aliphatic heterocycles. The van der Waals surface area contributed by atoms with Gasteiger partial charge in [0, 0.05) is 0 Å². The summed E-state index contributed by atoms with van der Waals surface area (Å²) in [5.74, 6) is -8.67. The first-order valence-corrected chi connectivity index (χ1v) is 4.89. The minimum atomic E-state index is -1.46. The van der Waals surface area contributed by atoms with E-state index in [2.05, 4.69) is 0 Å². The fourth-order valence-corrected chi connectivity index (χ4v) is 2.47. The Morgan fingerprint density at radius 3 is 1.06 bits per heavy atom. The maximum absolute atomic E-state index is 10.9. The van der Waals surface area contributed by atoms with Crippen molar-refractivity contribution in [3.8, 4) is 0 Å². The summed E-state index contributed by atoms with van der Waals surface area (Å²) in [6.45, 7) is 0. The van der Waals surface area contributed by atoms with Crippen molar-refractivity contribution in [1.82, 2.24) is 0 Å². The first-order valence-electron chi connectivity index (χ1n) is 4.13. The highest BCUT2D eigenvalue weighted by Crippen LogP contribution is 2.48. The van der Waals surface area contributed by atoms with Crippen LogP contribution in [0, 0.1) is 23.7 Å². The lowest BCUT2D eigenvalue weighted by Crippen LogP contribution is -2.58. The maximum Gasteiger partial charge on any atom is 0.308 e. The third-order valence-electron chi connectivity index (χ3n) is 2.64. The lowest BCUT2D eigenvalue weighted by atomic mass is 9.57. The number of hydrogen-bond acceptors (Lipinski definition) is 4. The molecule has 0 unspecified atom stereocenters. The summed E-state index contributed by atoms with van der Waals surface area (Å²) in [4.78, 5) is 43.3. The van der Waals surface area contributed by atoms with Crippen molar-refractivity contribution < 1.29 is 29.4 Å². The summed E-state index contributed by atoms with van der Waals surface area (Å²) in [6, 6.07) is 0. The van der Waals surface area contributed by atoms with Crippen LogP contribution < -0.4 is 0 Å². The maximum atomic E-state index is 10.9. The predicted octanol–water partition coefficient (Wildman–Crippen LogP) is 0.165. The number of hydrogen-bond donors (Lipinski definition) is 2. The normalized spacial score (nSPS) is 32.6. The molecule has 0 radical (unpaired) electrons. The van der Waals surface area contributed by atoms with Gasteiger partial charge >= 0.3 is 11.9 Å². The smallest absolute Gasteiger partial charge is 0.308 e. The quantitative estimate of drug-likeness (QED) is 0.704. The van der Waals surface area contributed by atoms with Crippen molar-refractivity contribution >= 4 is 45.6 Å². The van der Waals surface area contributed by atoms with Crippen LogP contribution in [-0.2, 0) is 19.2 Å². The molecule has 0 aromatic rings. The van der Waals surface area contributed by atoms with E-state index in [0.717, 1.165) is 0 Å². The second kappa shape index (κ2) is 4.39. The molecule has 8 heteroatoms. The number of halogens is 2. The van der Waals surface area contributed by atoms with Crippen LogP contribution in [0.3, 0.4) is 0 Å². The zero-order valence-electron chi connectivity index (χ0n) is 7.59. The van der Waals surface area contributed by atoms with Gasteiger partial charge in [-0.15, -0.1) is 0 Å². The number of aliphatic carboxylic acids is 2. The molecule has 88 valence electrons. The van der Waals surface area contributed by atoms with E-state index in [1.807, 2.05) is 0 Å². The van der Waals surface area contributed by atoms with Gasteiger partial charge in [-0.1, -0.05) is 0 Å². The molecule has 1 saturated carbocycles. The summed E-state index contributed by atoms with van der Waals surface area (Å²) in [5.41, 5.74) is 0. The Hall–Kier alpha value is -1.14. The van der Waals surface area contributed by atoms with Gasteiger partial charge in [0.1, 0.15) is 0 Å². The Kier molecular flexibility index (Phi) is 3.54. The van der Waals surface area contributed by atoms with Gasteiger partial charge < -0.3 is 10.2 Å². The molecule has 0 bridgehead atoms. The van der Waals surface area contributed by atoms with E-state index in [0.29, 0.717) is 0 Å². The molecule has 1 fully saturated rings. The molecule has 0 aromatic heterocycles. The molecular formula is C8H6Cl2O6. The average molecular weight is 269 g/mol. The van der Waals surface area contributed by atoms with Crippen LogP contribution in [-0.4, -0.2) is 32.6 Å². The lowest BCUT2D eigenvalue weighted by molar-refractivity contribution is -0.176. The summed E-state index contributed by atoms with van der Waals surface area (Å²) in [6.07, 6.45) is 0. The van der Waals surface area contributed by atoms with Crippen molar-refractivity contribution in [3.05, 3.63) is 0 Å². The van der Waals surface area contributed by atoms with Crippen molar-refractivity contribution in [2.45, 2.75) is 0 Å². The monoisotopic (exact) mass is 268 g/mol. The summed E-state index contributed by atoms with van der Waals surface area (Å²) < 4.78 is 0. The highest BCUT2D eigenvalue weighted by Gasteiger charge is 2.62. The molecule has 6 nitrogen and oxygen atoms in total. The Balaban J connectivity index is 3.08. The number of carboxylic acids is 2. The molecule has 1 aliphatic carbocycles. The van der Waals surface area contributed by atoms with E-state index in [-0.39, 0.29) is 0 Å². The fraction of sp³-hybridized carbons (Fsp3) is 0.500. The van der Waals surface area contributed by atoms with E-state index in [1.54, 1.807) is 0 Å². The molecular weight excluding hydrogens is 263 g/mol. The van der Waals surface area contributed by atoms with Gasteiger partial charge in [0.05, 0.1) is 23.7 Å². The minimum Gasteiger partial charge on any atom is -0.481 e. The van der Waals surface area contributed by atoms with E-state index < -0.39 is 46.1 Å². The molecule has 0 amide bonds. The largest absolute Gasteiger partial charge is 0.481 e. The van der Waals surface area contributed by atoms with Crippen molar-refractivity contribution in [2.24, 2.45) is 23.7 Å². The van der Waals surface area contributed by atoms with Gasteiger partial charge in [-0.25, -0.2) is 0 Å². The van der Waals surface area contributed by atoms with Crippen LogP contribution in [0.25, 0.3) is 0 Å². The van der Waals surface area contributed by atoms with E-state index >= 15 is 0 Å².